The summed E-state index contributed by atoms with van der Waals surface area (Å²) in [6.07, 6.45) is -1.94. The Hall–Kier alpha value is -2.89. The molecule has 1 amide bonds. The zero-order chi connectivity index (χ0) is 16.9. The number of carbonyl (C=O) groups is 2. The summed E-state index contributed by atoms with van der Waals surface area (Å²) in [6.45, 7) is 0. The molecule has 6 heteroatoms. The van der Waals surface area contributed by atoms with Crippen LogP contribution in [0.5, 0.6) is 0 Å². The molecular formula is C17H12F3NO2. The lowest BCUT2D eigenvalue weighted by Crippen LogP contribution is -2.29. The maximum absolute atomic E-state index is 12.1. The SMILES string of the molecule is O=C(/C=C/c1ccccc1)c1ccc(NC(=O)C(F)(F)F)cc1. The summed E-state index contributed by atoms with van der Waals surface area (Å²) in [7, 11) is 0. The van der Waals surface area contributed by atoms with Gasteiger partial charge in [-0.15, -0.1) is 0 Å². The largest absolute Gasteiger partial charge is 0.471 e. The Morgan fingerprint density at radius 3 is 2.09 bits per heavy atom. The molecule has 0 bridgehead atoms. The molecule has 0 saturated heterocycles. The van der Waals surface area contributed by atoms with Crippen molar-refractivity contribution in [2.24, 2.45) is 0 Å². The molecule has 118 valence electrons. The smallest absolute Gasteiger partial charge is 0.318 e. The number of hydrogen-bond acceptors (Lipinski definition) is 2. The Balaban J connectivity index is 2.03. The summed E-state index contributed by atoms with van der Waals surface area (Å²) in [5.41, 5.74) is 1.13. The van der Waals surface area contributed by atoms with Gasteiger partial charge in [0.15, 0.2) is 5.78 Å². The lowest BCUT2D eigenvalue weighted by Gasteiger charge is -2.07. The number of carbonyl (C=O) groups excluding carboxylic acids is 2. The molecule has 0 aliphatic heterocycles. The van der Waals surface area contributed by atoms with Gasteiger partial charge in [-0.05, 0) is 35.9 Å². The second-order valence-electron chi connectivity index (χ2n) is 4.64. The van der Waals surface area contributed by atoms with Crippen LogP contribution in [-0.4, -0.2) is 17.9 Å². The minimum absolute atomic E-state index is 0.0316. The Morgan fingerprint density at radius 1 is 0.913 bits per heavy atom. The standard InChI is InChI=1S/C17H12F3NO2/c18-17(19,20)16(23)21-14-9-7-13(8-10-14)15(22)11-6-12-4-2-1-3-5-12/h1-11H,(H,21,23)/b11-6+. The number of rotatable bonds is 4. The predicted molar refractivity (Wildman–Crippen MR) is 80.9 cm³/mol. The number of amides is 1. The van der Waals surface area contributed by atoms with Gasteiger partial charge in [0.2, 0.25) is 0 Å². The summed E-state index contributed by atoms with van der Waals surface area (Å²) in [4.78, 5) is 22.8. The van der Waals surface area contributed by atoms with Crippen LogP contribution in [0.2, 0.25) is 0 Å². The van der Waals surface area contributed by atoms with Crippen LogP contribution >= 0.6 is 0 Å². The van der Waals surface area contributed by atoms with Crippen LogP contribution in [0.4, 0.5) is 18.9 Å². The Labute approximate surface area is 130 Å². The fourth-order valence-electron chi connectivity index (χ4n) is 1.75. The van der Waals surface area contributed by atoms with E-state index in [0.717, 1.165) is 5.56 Å². The molecule has 0 radical (unpaired) electrons. The highest BCUT2D eigenvalue weighted by Gasteiger charge is 2.38. The van der Waals surface area contributed by atoms with Crippen molar-refractivity contribution in [2.45, 2.75) is 6.18 Å². The third-order valence-corrected chi connectivity index (χ3v) is 2.91. The minimum Gasteiger partial charge on any atom is -0.318 e. The van der Waals surface area contributed by atoms with E-state index in [9.17, 15) is 22.8 Å². The number of alkyl halides is 3. The van der Waals surface area contributed by atoms with Crippen molar-refractivity contribution in [3.8, 4) is 0 Å². The highest BCUT2D eigenvalue weighted by Crippen LogP contribution is 2.18. The fourth-order valence-corrected chi connectivity index (χ4v) is 1.75. The number of nitrogens with one attached hydrogen (secondary N) is 1. The molecule has 23 heavy (non-hydrogen) atoms. The van der Waals surface area contributed by atoms with E-state index in [1.807, 2.05) is 30.3 Å². The highest BCUT2D eigenvalue weighted by molar-refractivity contribution is 6.07. The van der Waals surface area contributed by atoms with Gasteiger partial charge < -0.3 is 5.32 Å². The summed E-state index contributed by atoms with van der Waals surface area (Å²) in [6, 6.07) is 14.4. The molecular weight excluding hydrogens is 307 g/mol. The van der Waals surface area contributed by atoms with E-state index in [1.165, 1.54) is 30.3 Å². The number of ketones is 1. The van der Waals surface area contributed by atoms with E-state index < -0.39 is 12.1 Å². The third-order valence-electron chi connectivity index (χ3n) is 2.91. The first-order chi connectivity index (χ1) is 10.9. The van der Waals surface area contributed by atoms with Crippen molar-refractivity contribution >= 4 is 23.5 Å². The van der Waals surface area contributed by atoms with Gasteiger partial charge in [-0.3, -0.25) is 9.59 Å². The molecule has 2 aromatic rings. The van der Waals surface area contributed by atoms with Crippen LogP contribution in [-0.2, 0) is 4.79 Å². The molecule has 0 aliphatic rings. The molecule has 0 aromatic heterocycles. The van der Waals surface area contributed by atoms with E-state index in [0.29, 0.717) is 5.56 Å². The lowest BCUT2D eigenvalue weighted by atomic mass is 10.1. The highest BCUT2D eigenvalue weighted by atomic mass is 19.4. The summed E-state index contributed by atoms with van der Waals surface area (Å²) >= 11 is 0. The van der Waals surface area contributed by atoms with Crippen LogP contribution in [0.1, 0.15) is 15.9 Å². The molecule has 2 rings (SSSR count). The van der Waals surface area contributed by atoms with Crippen molar-refractivity contribution in [1.29, 1.82) is 0 Å². The molecule has 3 nitrogen and oxygen atoms in total. The Morgan fingerprint density at radius 2 is 1.52 bits per heavy atom. The number of halogens is 3. The van der Waals surface area contributed by atoms with Gasteiger partial charge in [0.25, 0.3) is 0 Å². The zero-order valence-electron chi connectivity index (χ0n) is 11.8. The van der Waals surface area contributed by atoms with E-state index >= 15 is 0 Å². The van der Waals surface area contributed by atoms with Gasteiger partial charge in [0.05, 0.1) is 0 Å². The Bertz CT molecular complexity index is 720. The fraction of sp³-hybridized carbons (Fsp3) is 0.0588. The van der Waals surface area contributed by atoms with Crippen molar-refractivity contribution in [3.05, 3.63) is 71.8 Å². The van der Waals surface area contributed by atoms with Crippen LogP contribution in [0.25, 0.3) is 6.08 Å². The van der Waals surface area contributed by atoms with E-state index in [1.54, 1.807) is 11.4 Å². The molecule has 0 unspecified atom stereocenters. The Kier molecular flexibility index (Phi) is 4.95. The normalized spacial score (nSPS) is 11.4. The van der Waals surface area contributed by atoms with Crippen LogP contribution < -0.4 is 5.32 Å². The summed E-state index contributed by atoms with van der Waals surface area (Å²) in [5, 5.41) is 1.71. The van der Waals surface area contributed by atoms with Crippen molar-refractivity contribution in [3.63, 3.8) is 0 Å². The van der Waals surface area contributed by atoms with E-state index in [4.69, 9.17) is 0 Å². The van der Waals surface area contributed by atoms with Gasteiger partial charge in [-0.2, -0.15) is 13.2 Å². The van der Waals surface area contributed by atoms with Gasteiger partial charge in [0.1, 0.15) is 0 Å². The predicted octanol–water partition coefficient (Wildman–Crippen LogP) is 4.08. The minimum atomic E-state index is -4.95. The monoisotopic (exact) mass is 319 g/mol. The number of hydrogen-bond donors (Lipinski definition) is 1. The first-order valence-corrected chi connectivity index (χ1v) is 6.62. The lowest BCUT2D eigenvalue weighted by molar-refractivity contribution is -0.167. The molecule has 0 aliphatic carbocycles. The molecule has 1 N–H and O–H groups in total. The number of benzene rings is 2. The molecule has 0 atom stereocenters. The van der Waals surface area contributed by atoms with Crippen molar-refractivity contribution in [1.82, 2.24) is 0 Å². The zero-order valence-corrected chi connectivity index (χ0v) is 11.8. The van der Waals surface area contributed by atoms with Gasteiger partial charge >= 0.3 is 12.1 Å². The number of anilines is 1. The van der Waals surface area contributed by atoms with E-state index in [-0.39, 0.29) is 11.5 Å². The maximum atomic E-state index is 12.1. The number of allylic oxidation sites excluding steroid dienone is 1. The maximum Gasteiger partial charge on any atom is 0.471 e. The topological polar surface area (TPSA) is 46.2 Å². The second kappa shape index (κ2) is 6.91. The average molecular weight is 319 g/mol. The summed E-state index contributed by atoms with van der Waals surface area (Å²) in [5.74, 6) is -2.34. The van der Waals surface area contributed by atoms with Crippen molar-refractivity contribution < 1.29 is 22.8 Å². The van der Waals surface area contributed by atoms with Gasteiger partial charge in [-0.1, -0.05) is 36.4 Å². The van der Waals surface area contributed by atoms with Crippen molar-refractivity contribution in [2.75, 3.05) is 5.32 Å². The first-order valence-electron chi connectivity index (χ1n) is 6.62. The molecule has 0 spiro atoms. The van der Waals surface area contributed by atoms with Gasteiger partial charge in [-0.25, -0.2) is 0 Å². The van der Waals surface area contributed by atoms with Crippen LogP contribution in [0.15, 0.2) is 60.7 Å². The second-order valence-corrected chi connectivity index (χ2v) is 4.64. The average Bonchev–Trinajstić information content (AvgIpc) is 2.53. The molecule has 0 fully saturated rings. The van der Waals surface area contributed by atoms with Crippen LogP contribution in [0, 0.1) is 0 Å². The molecule has 2 aromatic carbocycles. The van der Waals surface area contributed by atoms with Crippen LogP contribution in [0.3, 0.4) is 0 Å². The first kappa shape index (κ1) is 16.5. The third kappa shape index (κ3) is 4.81. The van der Waals surface area contributed by atoms with Gasteiger partial charge in [0, 0.05) is 11.3 Å². The quantitative estimate of drug-likeness (QED) is 0.682. The molecule has 0 heterocycles. The summed E-state index contributed by atoms with van der Waals surface area (Å²) < 4.78 is 36.4. The molecule has 0 saturated carbocycles. The van der Waals surface area contributed by atoms with E-state index in [2.05, 4.69) is 0 Å².